The number of hydrogen-bond donors (Lipinski definition) is 1. The van der Waals surface area contributed by atoms with Gasteiger partial charge in [-0.15, -0.1) is 11.3 Å². The van der Waals surface area contributed by atoms with Gasteiger partial charge in [0, 0.05) is 11.0 Å². The van der Waals surface area contributed by atoms with Crippen LogP contribution in [-0.2, 0) is 11.2 Å². The molecule has 1 aromatic heterocycles. The zero-order chi connectivity index (χ0) is 22.1. The van der Waals surface area contributed by atoms with Crippen molar-refractivity contribution < 1.29 is 14.7 Å². The first-order valence-corrected chi connectivity index (χ1v) is 11.5. The van der Waals surface area contributed by atoms with Gasteiger partial charge in [0.15, 0.2) is 5.76 Å². The van der Waals surface area contributed by atoms with E-state index in [1.165, 1.54) is 11.3 Å². The minimum atomic E-state index is -0.654. The molecule has 5 nitrogen and oxygen atoms in total. The molecule has 4 rings (SSSR count). The van der Waals surface area contributed by atoms with E-state index in [1.807, 2.05) is 61.5 Å². The number of amides is 1. The van der Waals surface area contributed by atoms with E-state index in [2.05, 4.69) is 20.9 Å². The van der Waals surface area contributed by atoms with Crippen LogP contribution in [0.5, 0.6) is 0 Å². The molecule has 0 spiro atoms. The van der Waals surface area contributed by atoms with Crippen LogP contribution < -0.4 is 0 Å². The van der Waals surface area contributed by atoms with Crippen LogP contribution in [0.15, 0.2) is 70.4 Å². The van der Waals surface area contributed by atoms with Crippen LogP contribution in [0.25, 0.3) is 0 Å². The van der Waals surface area contributed by atoms with Crippen LogP contribution in [0.2, 0.25) is 0 Å². The molecule has 1 aliphatic heterocycles. The summed E-state index contributed by atoms with van der Waals surface area (Å²) in [6.07, 6.45) is 0.618. The van der Waals surface area contributed by atoms with E-state index in [0.717, 1.165) is 20.6 Å². The summed E-state index contributed by atoms with van der Waals surface area (Å²) >= 11 is 4.71. The molecule has 1 amide bonds. The summed E-state index contributed by atoms with van der Waals surface area (Å²) in [6, 6.07) is 16.7. The summed E-state index contributed by atoms with van der Waals surface area (Å²) < 4.78 is 0.895. The van der Waals surface area contributed by atoms with Crippen LogP contribution in [0.4, 0.5) is 0 Å². The standard InChI is InChI=1S/C24H21BrN2O3S/c1-14-23(31-15(2)26-14)21(28)19-20(17-8-10-18(25)11-9-17)27(24(30)22(19)29)13-12-16-6-4-3-5-7-16/h3-11,20,29H,12-13H2,1-2H3. The van der Waals surface area contributed by atoms with Gasteiger partial charge in [0.25, 0.3) is 5.91 Å². The molecule has 158 valence electrons. The summed E-state index contributed by atoms with van der Waals surface area (Å²) in [7, 11) is 0. The average Bonchev–Trinajstić information content (AvgIpc) is 3.23. The Labute approximate surface area is 193 Å². The van der Waals surface area contributed by atoms with Crippen molar-refractivity contribution >= 4 is 39.0 Å². The van der Waals surface area contributed by atoms with Gasteiger partial charge in [0.1, 0.15) is 0 Å². The molecule has 0 aliphatic carbocycles. The quantitative estimate of drug-likeness (QED) is 0.467. The second-order valence-corrected chi connectivity index (χ2v) is 9.55. The Kier molecular flexibility index (Phi) is 6.07. The highest BCUT2D eigenvalue weighted by Crippen LogP contribution is 2.40. The highest BCUT2D eigenvalue weighted by Gasteiger charge is 2.44. The second kappa shape index (κ2) is 8.77. The normalized spacial score (nSPS) is 16.3. The van der Waals surface area contributed by atoms with Gasteiger partial charge in [-0.05, 0) is 43.5 Å². The number of hydrogen-bond acceptors (Lipinski definition) is 5. The maximum Gasteiger partial charge on any atom is 0.290 e. The molecular formula is C24H21BrN2O3S. The fourth-order valence-corrected chi connectivity index (χ4v) is 5.00. The lowest BCUT2D eigenvalue weighted by Gasteiger charge is -2.27. The Hall–Kier alpha value is -2.77. The largest absolute Gasteiger partial charge is 0.503 e. The lowest BCUT2D eigenvalue weighted by Crippen LogP contribution is -2.33. The third kappa shape index (κ3) is 4.20. The van der Waals surface area contributed by atoms with Crippen molar-refractivity contribution in [1.82, 2.24) is 9.88 Å². The number of carbonyl (C=O) groups is 2. The predicted octanol–water partition coefficient (Wildman–Crippen LogP) is 5.34. The number of rotatable bonds is 6. The van der Waals surface area contributed by atoms with Crippen molar-refractivity contribution in [3.63, 3.8) is 0 Å². The summed E-state index contributed by atoms with van der Waals surface area (Å²) in [5, 5.41) is 11.6. The van der Waals surface area contributed by atoms with Crippen LogP contribution >= 0.6 is 27.3 Å². The monoisotopic (exact) mass is 496 g/mol. The first-order valence-electron chi connectivity index (χ1n) is 9.89. The third-order valence-electron chi connectivity index (χ3n) is 5.33. The van der Waals surface area contributed by atoms with Crippen molar-refractivity contribution in [2.45, 2.75) is 26.3 Å². The first-order chi connectivity index (χ1) is 14.9. The summed E-state index contributed by atoms with van der Waals surface area (Å²) in [4.78, 5) is 32.9. The SMILES string of the molecule is Cc1nc(C)c(C(=O)C2=C(O)C(=O)N(CCc3ccccc3)C2c2ccc(Br)cc2)s1. The van der Waals surface area contributed by atoms with E-state index in [0.29, 0.717) is 23.5 Å². The Balaban J connectivity index is 1.74. The fraction of sp³-hybridized carbons (Fsp3) is 0.208. The molecule has 1 atom stereocenters. The minimum Gasteiger partial charge on any atom is -0.503 e. The summed E-state index contributed by atoms with van der Waals surface area (Å²) in [5.74, 6) is -1.34. The summed E-state index contributed by atoms with van der Waals surface area (Å²) in [6.45, 7) is 3.99. The molecule has 1 unspecified atom stereocenters. The molecule has 2 aromatic carbocycles. The molecule has 1 aliphatic rings. The average molecular weight is 497 g/mol. The van der Waals surface area contributed by atoms with Crippen molar-refractivity contribution in [3.8, 4) is 0 Å². The van der Waals surface area contributed by atoms with Gasteiger partial charge in [-0.1, -0.05) is 58.4 Å². The maximum absolute atomic E-state index is 13.5. The zero-order valence-corrected chi connectivity index (χ0v) is 19.5. The van der Waals surface area contributed by atoms with Gasteiger partial charge in [0.2, 0.25) is 5.78 Å². The van der Waals surface area contributed by atoms with Crippen molar-refractivity contribution in [3.05, 3.63) is 97.1 Å². The second-order valence-electron chi connectivity index (χ2n) is 7.43. The van der Waals surface area contributed by atoms with Gasteiger partial charge in [0.05, 0.1) is 27.2 Å². The van der Waals surface area contributed by atoms with Gasteiger partial charge in [-0.25, -0.2) is 4.98 Å². The molecular weight excluding hydrogens is 476 g/mol. The van der Waals surface area contributed by atoms with Gasteiger partial charge < -0.3 is 10.0 Å². The molecule has 2 heterocycles. The minimum absolute atomic E-state index is 0.118. The van der Waals surface area contributed by atoms with E-state index >= 15 is 0 Å². The Morgan fingerprint density at radius 3 is 2.42 bits per heavy atom. The van der Waals surface area contributed by atoms with E-state index in [1.54, 1.807) is 11.8 Å². The van der Waals surface area contributed by atoms with Crippen molar-refractivity contribution in [2.75, 3.05) is 6.54 Å². The molecule has 0 bridgehead atoms. The van der Waals surface area contributed by atoms with E-state index in [9.17, 15) is 14.7 Å². The number of thiazole rings is 1. The van der Waals surface area contributed by atoms with E-state index < -0.39 is 17.7 Å². The molecule has 0 radical (unpaired) electrons. The number of nitrogens with zero attached hydrogens (tertiary/aromatic N) is 2. The maximum atomic E-state index is 13.5. The lowest BCUT2D eigenvalue weighted by atomic mass is 9.95. The number of ketones is 1. The van der Waals surface area contributed by atoms with Crippen LogP contribution in [0.1, 0.15) is 37.5 Å². The molecule has 31 heavy (non-hydrogen) atoms. The highest BCUT2D eigenvalue weighted by atomic mass is 79.9. The molecule has 0 saturated heterocycles. The highest BCUT2D eigenvalue weighted by molar-refractivity contribution is 9.10. The lowest BCUT2D eigenvalue weighted by molar-refractivity contribution is -0.129. The fourth-order valence-electron chi connectivity index (χ4n) is 3.87. The molecule has 1 N–H and O–H groups in total. The summed E-state index contributed by atoms with van der Waals surface area (Å²) in [5.41, 5.74) is 2.58. The molecule has 3 aromatic rings. The smallest absolute Gasteiger partial charge is 0.290 e. The topological polar surface area (TPSA) is 70.5 Å². The van der Waals surface area contributed by atoms with Crippen molar-refractivity contribution in [1.29, 1.82) is 0 Å². The number of aromatic nitrogens is 1. The van der Waals surface area contributed by atoms with Crippen LogP contribution in [0, 0.1) is 13.8 Å². The van der Waals surface area contributed by atoms with Gasteiger partial charge >= 0.3 is 0 Å². The molecule has 7 heteroatoms. The van der Waals surface area contributed by atoms with E-state index in [-0.39, 0.29) is 11.4 Å². The van der Waals surface area contributed by atoms with Crippen LogP contribution in [-0.4, -0.2) is 33.2 Å². The number of halogens is 1. The number of benzene rings is 2. The first kappa shape index (κ1) is 21.5. The van der Waals surface area contributed by atoms with Crippen molar-refractivity contribution in [2.24, 2.45) is 0 Å². The zero-order valence-electron chi connectivity index (χ0n) is 17.1. The Bertz CT molecular complexity index is 1170. The van der Waals surface area contributed by atoms with Crippen LogP contribution in [0.3, 0.4) is 0 Å². The van der Waals surface area contributed by atoms with Gasteiger partial charge in [-0.3, -0.25) is 9.59 Å². The molecule has 0 fully saturated rings. The number of carbonyl (C=O) groups excluding carboxylic acids is 2. The Morgan fingerprint density at radius 2 is 1.81 bits per heavy atom. The van der Waals surface area contributed by atoms with Gasteiger partial charge in [-0.2, -0.15) is 0 Å². The van der Waals surface area contributed by atoms with E-state index in [4.69, 9.17) is 0 Å². The molecule has 0 saturated carbocycles. The predicted molar refractivity (Wildman–Crippen MR) is 124 cm³/mol. The number of Topliss-reactive ketones (excluding diaryl/α,β-unsaturated/α-hetero) is 1. The Morgan fingerprint density at radius 1 is 1.13 bits per heavy atom. The number of aryl methyl sites for hydroxylation is 2. The number of aliphatic hydroxyl groups excluding tert-OH is 1. The third-order valence-corrected chi connectivity index (χ3v) is 6.93. The number of aliphatic hydroxyl groups is 1.